The van der Waals surface area contributed by atoms with Gasteiger partial charge in [-0.15, -0.1) is 0 Å². The van der Waals surface area contributed by atoms with Crippen molar-refractivity contribution in [2.45, 2.75) is 18.2 Å². The molecule has 1 heterocycles. The lowest BCUT2D eigenvalue weighted by molar-refractivity contribution is -0.128. The number of carbonyl (C=O) groups excluding carboxylic acids is 1. The molecule has 1 aromatic carbocycles. The summed E-state index contributed by atoms with van der Waals surface area (Å²) in [5.74, 6) is -0.430. The molecule has 1 saturated heterocycles. The third-order valence-corrected chi connectivity index (χ3v) is 5.06. The first-order valence-electron chi connectivity index (χ1n) is 5.85. The average Bonchev–Trinajstić information content (AvgIpc) is 2.73. The zero-order valence-corrected chi connectivity index (χ0v) is 12.2. The van der Waals surface area contributed by atoms with Crippen LogP contribution in [-0.2, 0) is 20.4 Å². The number of nitrogens with zero attached hydrogens (tertiary/aromatic N) is 1. The summed E-state index contributed by atoms with van der Waals surface area (Å²) >= 11 is 0. The van der Waals surface area contributed by atoms with Gasteiger partial charge in [-0.3, -0.25) is 4.79 Å². The number of hydrogen-bond donors (Lipinski definition) is 0. The Morgan fingerprint density at radius 1 is 1.50 bits per heavy atom. The topological polar surface area (TPSA) is 63.7 Å². The molecule has 2 rings (SSSR count). The molecule has 1 aromatic rings. The van der Waals surface area contributed by atoms with Crippen molar-refractivity contribution in [2.75, 3.05) is 13.7 Å². The number of rotatable bonds is 4. The van der Waals surface area contributed by atoms with E-state index in [-0.39, 0.29) is 25.4 Å². The lowest BCUT2D eigenvalue weighted by atomic mass is 10.2. The number of methoxy groups -OCH3 is 1. The molecule has 0 aliphatic carbocycles. The maximum Gasteiger partial charge on any atom is 0.237 e. The van der Waals surface area contributed by atoms with Crippen molar-refractivity contribution in [2.24, 2.45) is 0 Å². The number of benzene rings is 1. The van der Waals surface area contributed by atoms with Gasteiger partial charge in [-0.1, -0.05) is 6.07 Å². The molecule has 8 heteroatoms. The van der Waals surface area contributed by atoms with E-state index in [1.54, 1.807) is 0 Å². The van der Waals surface area contributed by atoms with Crippen molar-refractivity contribution in [3.05, 3.63) is 29.6 Å². The summed E-state index contributed by atoms with van der Waals surface area (Å²) in [4.78, 5) is 13.2. The molecule has 0 bridgehead atoms. The zero-order chi connectivity index (χ0) is 14.9. The average molecular weight is 322 g/mol. The van der Waals surface area contributed by atoms with Crippen LogP contribution in [0, 0.1) is 5.82 Å². The van der Waals surface area contributed by atoms with Gasteiger partial charge in [-0.25, -0.2) is 12.8 Å². The van der Waals surface area contributed by atoms with Crippen molar-refractivity contribution in [1.82, 2.24) is 4.90 Å². The molecular weight excluding hydrogens is 309 g/mol. The van der Waals surface area contributed by atoms with Crippen molar-refractivity contribution in [1.29, 1.82) is 0 Å². The quantitative estimate of drug-likeness (QED) is 0.788. The summed E-state index contributed by atoms with van der Waals surface area (Å²) in [6.45, 7) is 0.191. The molecule has 1 unspecified atom stereocenters. The second kappa shape index (κ2) is 5.57. The van der Waals surface area contributed by atoms with E-state index in [2.05, 4.69) is 0 Å². The highest BCUT2D eigenvalue weighted by molar-refractivity contribution is 8.14. The molecule has 1 aliphatic heterocycles. The lowest BCUT2D eigenvalue weighted by Gasteiger charge is -2.18. The second-order valence-corrected chi connectivity index (χ2v) is 7.44. The Labute approximate surface area is 120 Å². The van der Waals surface area contributed by atoms with Crippen LogP contribution in [-0.4, -0.2) is 38.1 Å². The third kappa shape index (κ3) is 3.21. The number of hydrogen-bond acceptors (Lipinski definition) is 4. The van der Waals surface area contributed by atoms with Gasteiger partial charge in [0.1, 0.15) is 16.8 Å². The van der Waals surface area contributed by atoms with Gasteiger partial charge in [0.25, 0.3) is 0 Å². The van der Waals surface area contributed by atoms with E-state index in [0.29, 0.717) is 11.3 Å². The minimum atomic E-state index is -3.76. The molecule has 110 valence electrons. The fraction of sp³-hybridized carbons (Fsp3) is 0.417. The van der Waals surface area contributed by atoms with Gasteiger partial charge in [0, 0.05) is 41.8 Å². The number of ether oxygens (including phenoxy) is 1. The normalized spacial score (nSPS) is 19.4. The van der Waals surface area contributed by atoms with Crippen LogP contribution in [0.5, 0.6) is 5.75 Å². The van der Waals surface area contributed by atoms with Crippen LogP contribution in [0.25, 0.3) is 0 Å². The van der Waals surface area contributed by atoms with E-state index in [1.165, 1.54) is 30.2 Å². The Bertz CT molecular complexity index is 634. The molecule has 1 aliphatic rings. The van der Waals surface area contributed by atoms with E-state index in [0.717, 1.165) is 0 Å². The molecular formula is C12H13ClFNO4S. The summed E-state index contributed by atoms with van der Waals surface area (Å²) in [6, 6.07) is 3.98. The fourth-order valence-corrected chi connectivity index (χ4v) is 3.19. The number of amides is 1. The summed E-state index contributed by atoms with van der Waals surface area (Å²) in [6.07, 6.45) is -0.130. The summed E-state index contributed by atoms with van der Waals surface area (Å²) in [5, 5.41) is -0.900. The minimum Gasteiger partial charge on any atom is -0.496 e. The smallest absolute Gasteiger partial charge is 0.237 e. The Hall–Kier alpha value is -1.34. The highest BCUT2D eigenvalue weighted by Gasteiger charge is 2.37. The van der Waals surface area contributed by atoms with Gasteiger partial charge in [0.15, 0.2) is 0 Å². The van der Waals surface area contributed by atoms with Crippen molar-refractivity contribution in [3.8, 4) is 5.75 Å². The Kier molecular flexibility index (Phi) is 4.19. The highest BCUT2D eigenvalue weighted by atomic mass is 35.7. The molecule has 0 radical (unpaired) electrons. The zero-order valence-electron chi connectivity index (χ0n) is 10.7. The number of likely N-dealkylation sites (tertiary alicyclic amines) is 1. The predicted molar refractivity (Wildman–Crippen MR) is 71.5 cm³/mol. The van der Waals surface area contributed by atoms with Crippen molar-refractivity contribution < 1.29 is 22.3 Å². The van der Waals surface area contributed by atoms with Gasteiger partial charge >= 0.3 is 0 Å². The molecule has 20 heavy (non-hydrogen) atoms. The summed E-state index contributed by atoms with van der Waals surface area (Å²) < 4.78 is 40.6. The first kappa shape index (κ1) is 15.1. The Balaban J connectivity index is 2.17. The largest absolute Gasteiger partial charge is 0.496 e. The van der Waals surface area contributed by atoms with Crippen molar-refractivity contribution >= 4 is 25.6 Å². The molecule has 1 atom stereocenters. The van der Waals surface area contributed by atoms with Crippen LogP contribution in [0.15, 0.2) is 18.2 Å². The predicted octanol–water partition coefficient (Wildman–Crippen LogP) is 1.50. The first-order chi connectivity index (χ1) is 9.31. The third-order valence-electron chi connectivity index (χ3n) is 3.19. The van der Waals surface area contributed by atoms with Crippen LogP contribution >= 0.6 is 10.7 Å². The maximum absolute atomic E-state index is 13.1. The van der Waals surface area contributed by atoms with Crippen LogP contribution in [0.3, 0.4) is 0 Å². The highest BCUT2D eigenvalue weighted by Crippen LogP contribution is 2.26. The van der Waals surface area contributed by atoms with E-state index in [1.807, 2.05) is 0 Å². The lowest BCUT2D eigenvalue weighted by Crippen LogP contribution is -2.26. The SMILES string of the molecule is COc1cc(F)ccc1CN1CC(S(=O)(=O)Cl)CC1=O. The minimum absolute atomic E-state index is 0.0329. The van der Waals surface area contributed by atoms with Crippen LogP contribution in [0.2, 0.25) is 0 Å². The fourth-order valence-electron chi connectivity index (χ4n) is 2.13. The van der Waals surface area contributed by atoms with Crippen LogP contribution in [0.1, 0.15) is 12.0 Å². The Morgan fingerprint density at radius 2 is 2.20 bits per heavy atom. The molecule has 0 saturated carbocycles. The van der Waals surface area contributed by atoms with Gasteiger partial charge in [-0.2, -0.15) is 0 Å². The standard InChI is InChI=1S/C12H13ClFNO4S/c1-19-11-4-9(14)3-2-8(11)6-15-7-10(5-12(15)16)20(13,17)18/h2-4,10H,5-7H2,1H3. The number of carbonyl (C=O) groups is 1. The summed E-state index contributed by atoms with van der Waals surface area (Å²) in [5.41, 5.74) is 0.606. The molecule has 0 aromatic heterocycles. The summed E-state index contributed by atoms with van der Waals surface area (Å²) in [7, 11) is 2.91. The van der Waals surface area contributed by atoms with Gasteiger partial charge < -0.3 is 9.64 Å². The molecule has 0 N–H and O–H groups in total. The maximum atomic E-state index is 13.1. The monoisotopic (exact) mass is 321 g/mol. The molecule has 1 fully saturated rings. The molecule has 1 amide bonds. The van der Waals surface area contributed by atoms with E-state index in [4.69, 9.17) is 15.4 Å². The van der Waals surface area contributed by atoms with Crippen molar-refractivity contribution in [3.63, 3.8) is 0 Å². The van der Waals surface area contributed by atoms with Crippen LogP contribution < -0.4 is 4.74 Å². The van der Waals surface area contributed by atoms with Gasteiger partial charge in [0.05, 0.1) is 7.11 Å². The van der Waals surface area contributed by atoms with E-state index >= 15 is 0 Å². The molecule has 0 spiro atoms. The van der Waals surface area contributed by atoms with Gasteiger partial charge in [-0.05, 0) is 6.07 Å². The van der Waals surface area contributed by atoms with Crippen LogP contribution in [0.4, 0.5) is 4.39 Å². The second-order valence-electron chi connectivity index (χ2n) is 4.53. The number of halogens is 2. The van der Waals surface area contributed by atoms with E-state index in [9.17, 15) is 17.6 Å². The first-order valence-corrected chi connectivity index (χ1v) is 8.22. The van der Waals surface area contributed by atoms with Gasteiger partial charge in [0.2, 0.25) is 15.0 Å². The molecule has 5 nitrogen and oxygen atoms in total. The van der Waals surface area contributed by atoms with E-state index < -0.39 is 20.1 Å². The Morgan fingerprint density at radius 3 is 2.75 bits per heavy atom.